The van der Waals surface area contributed by atoms with E-state index in [1.807, 2.05) is 6.07 Å². The number of anilines is 1. The van der Waals surface area contributed by atoms with Crippen LogP contribution in [0.25, 0.3) is 0 Å². The Morgan fingerprint density at radius 2 is 1.61 bits per heavy atom. The first-order valence-electron chi connectivity index (χ1n) is 8.22. The van der Waals surface area contributed by atoms with Crippen molar-refractivity contribution < 1.29 is 0 Å². The molecule has 2 aromatic rings. The molecule has 0 amide bonds. The van der Waals surface area contributed by atoms with Crippen molar-refractivity contribution in [3.05, 3.63) is 66.2 Å². The Morgan fingerprint density at radius 3 is 2.26 bits per heavy atom. The number of rotatable bonds is 6. The molecule has 1 atom stereocenters. The molecule has 0 fully saturated rings. The number of amidine groups is 1. The maximum absolute atomic E-state index is 5.78. The van der Waals surface area contributed by atoms with Gasteiger partial charge in [0.05, 0.1) is 0 Å². The summed E-state index contributed by atoms with van der Waals surface area (Å²) >= 11 is 0. The zero-order chi connectivity index (χ0) is 16.1. The number of hydrazone groups is 1. The van der Waals surface area contributed by atoms with Gasteiger partial charge in [0.1, 0.15) is 12.0 Å². The van der Waals surface area contributed by atoms with E-state index in [1.54, 1.807) is 0 Å². The quantitative estimate of drug-likeness (QED) is 0.892. The Morgan fingerprint density at radius 1 is 0.957 bits per heavy atom. The average molecular weight is 308 g/mol. The third kappa shape index (κ3) is 3.54. The lowest BCUT2D eigenvalue weighted by atomic mass is 10.1. The van der Waals surface area contributed by atoms with Crippen LogP contribution in [-0.2, 0) is 6.42 Å². The summed E-state index contributed by atoms with van der Waals surface area (Å²) in [6.07, 6.45) is 2.00. The van der Waals surface area contributed by atoms with Gasteiger partial charge in [0, 0.05) is 18.7 Å². The minimum atomic E-state index is 0.211. The van der Waals surface area contributed by atoms with Crippen LogP contribution in [0.5, 0.6) is 0 Å². The summed E-state index contributed by atoms with van der Waals surface area (Å²) < 4.78 is 0. The van der Waals surface area contributed by atoms with Gasteiger partial charge in [-0.2, -0.15) is 5.10 Å². The first kappa shape index (κ1) is 15.6. The third-order valence-corrected chi connectivity index (χ3v) is 4.20. The van der Waals surface area contributed by atoms with Crippen LogP contribution in [0.2, 0.25) is 0 Å². The monoisotopic (exact) mass is 308 g/mol. The summed E-state index contributed by atoms with van der Waals surface area (Å²) in [6, 6.07) is 21.0. The minimum absolute atomic E-state index is 0.211. The number of benzene rings is 2. The molecule has 4 heteroatoms. The molecule has 1 unspecified atom stereocenters. The van der Waals surface area contributed by atoms with E-state index in [2.05, 4.69) is 71.4 Å². The van der Waals surface area contributed by atoms with Gasteiger partial charge in [0.25, 0.3) is 0 Å². The van der Waals surface area contributed by atoms with Crippen LogP contribution in [0.3, 0.4) is 0 Å². The molecular weight excluding hydrogens is 284 g/mol. The largest absolute Gasteiger partial charge is 0.330 e. The highest BCUT2D eigenvalue weighted by atomic mass is 15.6. The Bertz CT molecular complexity index is 639. The fraction of sp³-hybridized carbons (Fsp3) is 0.316. The Balaban J connectivity index is 1.74. The van der Waals surface area contributed by atoms with Crippen LogP contribution >= 0.6 is 0 Å². The van der Waals surface area contributed by atoms with Gasteiger partial charge < -0.3 is 10.6 Å². The zero-order valence-electron chi connectivity index (χ0n) is 13.6. The van der Waals surface area contributed by atoms with E-state index >= 15 is 0 Å². The molecule has 0 radical (unpaired) electrons. The van der Waals surface area contributed by atoms with Crippen molar-refractivity contribution >= 4 is 11.5 Å². The molecule has 4 nitrogen and oxygen atoms in total. The molecule has 0 saturated carbocycles. The summed E-state index contributed by atoms with van der Waals surface area (Å²) in [6.45, 7) is 3.72. The average Bonchev–Trinajstić information content (AvgIpc) is 2.91. The van der Waals surface area contributed by atoms with E-state index in [9.17, 15) is 0 Å². The summed E-state index contributed by atoms with van der Waals surface area (Å²) in [5.41, 5.74) is 8.30. The van der Waals surface area contributed by atoms with Crippen molar-refractivity contribution in [1.29, 1.82) is 0 Å². The second-order valence-electron chi connectivity index (χ2n) is 5.79. The number of nitrogens with two attached hydrogens (primary N) is 1. The molecule has 1 aliphatic heterocycles. The minimum Gasteiger partial charge on any atom is -0.330 e. The molecule has 2 aromatic carbocycles. The summed E-state index contributed by atoms with van der Waals surface area (Å²) in [7, 11) is 0. The Kier molecular flexibility index (Phi) is 4.93. The van der Waals surface area contributed by atoms with Crippen molar-refractivity contribution in [2.24, 2.45) is 10.8 Å². The molecule has 120 valence electrons. The van der Waals surface area contributed by atoms with E-state index < -0.39 is 0 Å². The molecule has 0 aromatic heterocycles. The van der Waals surface area contributed by atoms with E-state index in [1.165, 1.54) is 11.3 Å². The van der Waals surface area contributed by atoms with Crippen LogP contribution in [0, 0.1) is 0 Å². The van der Waals surface area contributed by atoms with Gasteiger partial charge in [-0.3, -0.25) is 5.01 Å². The van der Waals surface area contributed by atoms with E-state index in [0.29, 0.717) is 6.54 Å². The molecule has 0 bridgehead atoms. The molecular formula is C19H24N4. The molecule has 2 N–H and O–H groups in total. The van der Waals surface area contributed by atoms with Gasteiger partial charge in [-0.15, -0.1) is 0 Å². The second-order valence-corrected chi connectivity index (χ2v) is 5.79. The smallest absolute Gasteiger partial charge is 0.132 e. The van der Waals surface area contributed by atoms with E-state index in [4.69, 9.17) is 10.8 Å². The van der Waals surface area contributed by atoms with Gasteiger partial charge in [-0.1, -0.05) is 48.5 Å². The first-order valence-corrected chi connectivity index (χ1v) is 8.22. The van der Waals surface area contributed by atoms with Crippen molar-refractivity contribution in [1.82, 2.24) is 5.01 Å². The van der Waals surface area contributed by atoms with Gasteiger partial charge >= 0.3 is 0 Å². The molecule has 0 spiro atoms. The predicted octanol–water partition coefficient (Wildman–Crippen LogP) is 3.06. The summed E-state index contributed by atoms with van der Waals surface area (Å²) in [5, 5.41) is 7.00. The van der Waals surface area contributed by atoms with Gasteiger partial charge in [-0.05, 0) is 37.6 Å². The molecule has 3 rings (SSSR count). The Hall–Kier alpha value is -2.33. The number of hydrogen-bond donors (Lipinski definition) is 1. The zero-order valence-corrected chi connectivity index (χ0v) is 13.6. The van der Waals surface area contributed by atoms with Crippen molar-refractivity contribution in [3.63, 3.8) is 0 Å². The first-order chi connectivity index (χ1) is 11.3. The SMILES string of the molecule is CC1N(CCc2ccccc2)N=C(CCN)N1c1ccccc1. The maximum Gasteiger partial charge on any atom is 0.132 e. The lowest BCUT2D eigenvalue weighted by Gasteiger charge is -2.29. The number of hydrogen-bond acceptors (Lipinski definition) is 4. The van der Waals surface area contributed by atoms with Crippen LogP contribution in [0.1, 0.15) is 18.9 Å². The van der Waals surface area contributed by atoms with Gasteiger partial charge in [-0.25, -0.2) is 0 Å². The maximum atomic E-state index is 5.78. The lowest BCUT2D eigenvalue weighted by molar-refractivity contribution is 0.249. The lowest BCUT2D eigenvalue weighted by Crippen LogP contribution is -2.41. The number of para-hydroxylation sites is 1. The van der Waals surface area contributed by atoms with Crippen LogP contribution in [0.15, 0.2) is 65.8 Å². The van der Waals surface area contributed by atoms with Gasteiger partial charge in [0.2, 0.25) is 0 Å². The van der Waals surface area contributed by atoms with E-state index in [-0.39, 0.29) is 6.17 Å². The third-order valence-electron chi connectivity index (χ3n) is 4.20. The van der Waals surface area contributed by atoms with Crippen molar-refractivity contribution in [2.45, 2.75) is 25.9 Å². The summed E-state index contributed by atoms with van der Waals surface area (Å²) in [4.78, 5) is 2.29. The fourth-order valence-electron chi connectivity index (χ4n) is 3.01. The predicted molar refractivity (Wildman–Crippen MR) is 96.3 cm³/mol. The van der Waals surface area contributed by atoms with Crippen LogP contribution < -0.4 is 10.6 Å². The van der Waals surface area contributed by atoms with E-state index in [0.717, 1.165) is 25.2 Å². The van der Waals surface area contributed by atoms with Crippen molar-refractivity contribution in [3.8, 4) is 0 Å². The highest BCUT2D eigenvalue weighted by molar-refractivity contribution is 5.99. The molecule has 0 saturated heterocycles. The molecule has 23 heavy (non-hydrogen) atoms. The standard InChI is InChI=1S/C19H24N4/c1-16-22(15-13-17-8-4-2-5-9-17)21-19(12-14-20)23(16)18-10-6-3-7-11-18/h2-11,16H,12-15,20H2,1H3. The van der Waals surface area contributed by atoms with Crippen LogP contribution in [-0.4, -0.2) is 30.1 Å². The highest BCUT2D eigenvalue weighted by Gasteiger charge is 2.30. The topological polar surface area (TPSA) is 44.9 Å². The second kappa shape index (κ2) is 7.29. The molecule has 1 heterocycles. The highest BCUT2D eigenvalue weighted by Crippen LogP contribution is 2.26. The molecule has 1 aliphatic rings. The molecule has 0 aliphatic carbocycles. The normalized spacial score (nSPS) is 17.5. The van der Waals surface area contributed by atoms with Crippen LogP contribution in [0.4, 0.5) is 5.69 Å². The number of nitrogens with zero attached hydrogens (tertiary/aromatic N) is 3. The van der Waals surface area contributed by atoms with Crippen molar-refractivity contribution in [2.75, 3.05) is 18.0 Å². The fourth-order valence-corrected chi connectivity index (χ4v) is 3.01. The summed E-state index contributed by atoms with van der Waals surface area (Å²) in [5.74, 6) is 1.05. The van der Waals surface area contributed by atoms with Gasteiger partial charge in [0.15, 0.2) is 0 Å². The Labute approximate surface area is 138 Å².